The molecule has 0 bridgehead atoms. The molecule has 0 saturated carbocycles. The number of hydrogen-bond acceptors (Lipinski definition) is 6. The summed E-state index contributed by atoms with van der Waals surface area (Å²) in [5.74, 6) is -1.93. The molecule has 0 saturated heterocycles. The van der Waals surface area contributed by atoms with Crippen molar-refractivity contribution in [3.05, 3.63) is 28.2 Å². The normalized spacial score (nSPS) is 14.3. The second-order valence-electron chi connectivity index (χ2n) is 4.32. The van der Waals surface area contributed by atoms with Gasteiger partial charge in [0.15, 0.2) is 20.0 Å². The van der Waals surface area contributed by atoms with Crippen LogP contribution >= 0.6 is 30.8 Å². The van der Waals surface area contributed by atoms with Crippen molar-refractivity contribution in [2.45, 2.75) is 25.6 Å². The molecule has 124 valence electrons. The van der Waals surface area contributed by atoms with Crippen LogP contribution < -0.4 is 28.5 Å². The third-order valence-electron chi connectivity index (χ3n) is 2.65. The molecule has 0 spiro atoms. The Labute approximate surface area is 157 Å². The number of esters is 1. The number of hydrogen-bond donors (Lipinski definition) is 0. The predicted molar refractivity (Wildman–Crippen MR) is 81.4 cm³/mol. The second kappa shape index (κ2) is 10.6. The van der Waals surface area contributed by atoms with E-state index >= 15 is 0 Å². The quantitative estimate of drug-likeness (QED) is 0.367. The first kappa shape index (κ1) is 22.8. The fourth-order valence-corrected chi connectivity index (χ4v) is 3.08. The maximum Gasteiger partial charge on any atom is 1.00 e. The predicted octanol–water partition coefficient (Wildman–Crippen LogP) is 0.245. The third kappa shape index (κ3) is 7.49. The van der Waals surface area contributed by atoms with Gasteiger partial charge in [-0.1, -0.05) is 36.5 Å². The van der Waals surface area contributed by atoms with Gasteiger partial charge >= 0.3 is 24.8 Å². The average molecular weight is 377 g/mol. The molecular weight excluding hydrogens is 361 g/mol. The maximum atomic E-state index is 11.7. The molecule has 2 unspecified atom stereocenters. The molecule has 0 N–H and O–H groups in total. The van der Waals surface area contributed by atoms with Gasteiger partial charge in [0.1, 0.15) is 5.75 Å². The van der Waals surface area contributed by atoms with E-state index in [1.54, 1.807) is 13.0 Å². The van der Waals surface area contributed by atoms with Crippen molar-refractivity contribution in [3.8, 4) is 5.75 Å². The van der Waals surface area contributed by atoms with Crippen molar-refractivity contribution in [3.63, 3.8) is 0 Å². The Morgan fingerprint density at radius 3 is 2.57 bits per heavy atom. The van der Waals surface area contributed by atoms with E-state index in [2.05, 4.69) is 4.52 Å². The van der Waals surface area contributed by atoms with Gasteiger partial charge in [0.25, 0.3) is 0 Å². The Morgan fingerprint density at radius 2 is 2.04 bits per heavy atom. The molecular formula is C13H16Cl2LiO6P. The molecule has 0 fully saturated rings. The molecule has 0 amide bonds. The van der Waals surface area contributed by atoms with Crippen LogP contribution in [0.3, 0.4) is 0 Å². The van der Waals surface area contributed by atoms with Crippen LogP contribution in [-0.4, -0.2) is 25.5 Å². The van der Waals surface area contributed by atoms with E-state index in [0.29, 0.717) is 11.4 Å². The van der Waals surface area contributed by atoms with Crippen molar-refractivity contribution in [1.29, 1.82) is 0 Å². The summed E-state index contributed by atoms with van der Waals surface area (Å²) in [6.07, 6.45) is 0.652. The summed E-state index contributed by atoms with van der Waals surface area (Å²) < 4.78 is 26.1. The Hall–Kier alpha value is -0.183. The topological polar surface area (TPSA) is 84.9 Å². The Balaban J connectivity index is 0.00000484. The molecule has 1 rings (SSSR count). The number of carbonyl (C=O) groups excluding carboxylic acids is 1. The van der Waals surface area contributed by atoms with E-state index < -0.39 is 26.0 Å². The van der Waals surface area contributed by atoms with Crippen molar-refractivity contribution in [2.75, 3.05) is 13.7 Å². The van der Waals surface area contributed by atoms with Gasteiger partial charge in [-0.05, 0) is 24.6 Å². The molecule has 0 aliphatic rings. The van der Waals surface area contributed by atoms with E-state index in [0.717, 1.165) is 7.11 Å². The molecule has 10 heteroatoms. The molecule has 1 aromatic rings. The standard InChI is InChI=1S/C13H17Cl2O6P.Li/c1-3-4-13(22(17,18)19-2)21-12(16)8-20-11-6-5-9(14)7-10(11)15;/h5-7,13H,3-4,8H2,1-2H3,(H,17,18);/q;+1/p-1. The molecule has 2 atom stereocenters. The second-order valence-corrected chi connectivity index (χ2v) is 7.18. The van der Waals surface area contributed by atoms with Gasteiger partial charge in [0, 0.05) is 12.1 Å². The van der Waals surface area contributed by atoms with Crippen molar-refractivity contribution >= 4 is 36.8 Å². The van der Waals surface area contributed by atoms with E-state index in [1.165, 1.54) is 12.1 Å². The van der Waals surface area contributed by atoms with Gasteiger partial charge in [-0.3, -0.25) is 0 Å². The first-order valence-electron chi connectivity index (χ1n) is 6.44. The zero-order chi connectivity index (χ0) is 16.8. The molecule has 6 nitrogen and oxygen atoms in total. The van der Waals surface area contributed by atoms with Gasteiger partial charge in [-0.2, -0.15) is 0 Å². The van der Waals surface area contributed by atoms with Gasteiger partial charge in [0.05, 0.1) is 5.02 Å². The third-order valence-corrected chi connectivity index (χ3v) is 4.76. The zero-order valence-corrected chi connectivity index (χ0v) is 15.5. The van der Waals surface area contributed by atoms with Crippen LogP contribution in [0.15, 0.2) is 18.2 Å². The Kier molecular flexibility index (Phi) is 10.6. The summed E-state index contributed by atoms with van der Waals surface area (Å²) in [4.78, 5) is 23.4. The van der Waals surface area contributed by atoms with Crippen LogP contribution in [0.5, 0.6) is 5.75 Å². The van der Waals surface area contributed by atoms with Crippen molar-refractivity contribution in [1.82, 2.24) is 0 Å². The van der Waals surface area contributed by atoms with Crippen LogP contribution in [-0.2, 0) is 18.6 Å². The fraction of sp³-hybridized carbons (Fsp3) is 0.462. The monoisotopic (exact) mass is 376 g/mol. The Morgan fingerprint density at radius 1 is 1.39 bits per heavy atom. The molecule has 23 heavy (non-hydrogen) atoms. The van der Waals surface area contributed by atoms with Gasteiger partial charge in [-0.25, -0.2) is 4.79 Å². The minimum atomic E-state index is -4.26. The van der Waals surface area contributed by atoms with E-state index in [9.17, 15) is 14.3 Å². The van der Waals surface area contributed by atoms with Crippen LogP contribution in [0.1, 0.15) is 19.8 Å². The van der Waals surface area contributed by atoms with Crippen LogP contribution in [0, 0.1) is 0 Å². The summed E-state index contributed by atoms with van der Waals surface area (Å²) in [5, 5.41) is 0.659. The van der Waals surface area contributed by atoms with Gasteiger partial charge in [-0.15, -0.1) is 0 Å². The first-order valence-corrected chi connectivity index (χ1v) is 8.80. The summed E-state index contributed by atoms with van der Waals surface area (Å²) in [7, 11) is -3.24. The van der Waals surface area contributed by atoms with E-state index in [-0.39, 0.29) is 36.1 Å². The van der Waals surface area contributed by atoms with Crippen molar-refractivity contribution in [2.24, 2.45) is 0 Å². The summed E-state index contributed by atoms with van der Waals surface area (Å²) >= 11 is 11.6. The SMILES string of the molecule is CCCC(OC(=O)COc1ccc(Cl)cc1Cl)P(=O)([O-])OC.[Li+]. The number of rotatable bonds is 8. The maximum absolute atomic E-state index is 11.7. The smallest absolute Gasteiger partial charge is 0.776 e. The van der Waals surface area contributed by atoms with Crippen LogP contribution in [0.25, 0.3) is 0 Å². The molecule has 0 aromatic heterocycles. The van der Waals surface area contributed by atoms with Crippen LogP contribution in [0.2, 0.25) is 10.0 Å². The molecule has 0 aliphatic carbocycles. The molecule has 0 aliphatic heterocycles. The Bertz CT molecular complexity index is 571. The molecule has 0 radical (unpaired) electrons. The minimum Gasteiger partial charge on any atom is -0.776 e. The number of benzene rings is 1. The minimum absolute atomic E-state index is 0. The van der Waals surface area contributed by atoms with Gasteiger partial charge in [0.2, 0.25) is 0 Å². The van der Waals surface area contributed by atoms with E-state index in [4.69, 9.17) is 32.7 Å². The van der Waals surface area contributed by atoms with E-state index in [1.807, 2.05) is 0 Å². The van der Waals surface area contributed by atoms with Crippen molar-refractivity contribution < 1.29 is 47.1 Å². The summed E-state index contributed by atoms with van der Waals surface area (Å²) in [6, 6.07) is 4.50. The fourth-order valence-electron chi connectivity index (χ4n) is 1.56. The number of halogens is 2. The number of ether oxygens (including phenoxy) is 2. The molecule has 1 aromatic carbocycles. The summed E-state index contributed by atoms with van der Waals surface area (Å²) in [6.45, 7) is 1.28. The largest absolute Gasteiger partial charge is 1.00 e. The van der Waals surface area contributed by atoms with Gasteiger partial charge < -0.3 is 23.5 Å². The average Bonchev–Trinajstić information content (AvgIpc) is 2.46. The zero-order valence-electron chi connectivity index (χ0n) is 13.1. The van der Waals surface area contributed by atoms with Crippen LogP contribution in [0.4, 0.5) is 0 Å². The first-order chi connectivity index (χ1) is 10.3. The molecule has 0 heterocycles. The summed E-state index contributed by atoms with van der Waals surface area (Å²) in [5.41, 5.74) is 0. The number of carbonyl (C=O) groups is 1.